The van der Waals surface area contributed by atoms with Gasteiger partial charge in [-0.2, -0.15) is 0 Å². The van der Waals surface area contributed by atoms with Crippen molar-refractivity contribution in [3.05, 3.63) is 0 Å². The van der Waals surface area contributed by atoms with Gasteiger partial charge in [0.05, 0.1) is 6.61 Å². The highest BCUT2D eigenvalue weighted by molar-refractivity contribution is 4.43. The molecule has 0 unspecified atom stereocenters. The zero-order valence-corrected chi connectivity index (χ0v) is 7.78. The third kappa shape index (κ3) is 11.8. The average Bonchev–Trinajstić information content (AvgIpc) is 2.16. The fourth-order valence-corrected chi connectivity index (χ4v) is 1.04. The van der Waals surface area contributed by atoms with E-state index in [-0.39, 0.29) is 6.61 Å². The average molecular weight is 194 g/mol. The summed E-state index contributed by atoms with van der Waals surface area (Å²) in [7, 11) is 0. The molecule has 0 aromatic heterocycles. The molecule has 0 heterocycles. The van der Waals surface area contributed by atoms with E-state index in [9.17, 15) is 0 Å². The summed E-state index contributed by atoms with van der Waals surface area (Å²) in [6.07, 6.45) is 6.16. The summed E-state index contributed by atoms with van der Waals surface area (Å²) in [4.78, 5) is 4.40. The van der Waals surface area contributed by atoms with Gasteiger partial charge in [-0.1, -0.05) is 25.7 Å². The molecule has 0 fully saturated rings. The predicted molar refractivity (Wildman–Crippen MR) is 45.5 cm³/mol. The molecule has 0 aromatic rings. The van der Waals surface area contributed by atoms with Crippen LogP contribution in [0.1, 0.15) is 38.5 Å². The Hall–Kier alpha value is -0.200. The van der Waals surface area contributed by atoms with E-state index < -0.39 is 0 Å². The van der Waals surface area contributed by atoms with Gasteiger partial charge in [0.15, 0.2) is 0 Å². The second kappa shape index (κ2) is 11.8. The Balaban J connectivity index is 2.76. The van der Waals surface area contributed by atoms with Crippen LogP contribution in [0.25, 0.3) is 0 Å². The first-order valence-corrected chi connectivity index (χ1v) is 4.62. The second-order valence-electron chi connectivity index (χ2n) is 2.81. The molecule has 0 aliphatic carbocycles. The molecule has 0 aliphatic heterocycles. The van der Waals surface area contributed by atoms with Crippen molar-refractivity contribution in [2.24, 2.45) is 0 Å². The van der Waals surface area contributed by atoms with Crippen LogP contribution in [-0.2, 0) is 15.0 Å². The summed E-state index contributed by atoms with van der Waals surface area (Å²) in [5.41, 5.74) is 0. The molecular formula is C8H18O5. The maximum absolute atomic E-state index is 8.49. The SMILES string of the molecule is OCCCCCCCCOOOO. The van der Waals surface area contributed by atoms with Crippen LogP contribution in [0.15, 0.2) is 0 Å². The maximum atomic E-state index is 8.49. The van der Waals surface area contributed by atoms with Crippen LogP contribution in [0.3, 0.4) is 0 Å². The zero-order chi connectivity index (χ0) is 9.78. The summed E-state index contributed by atoms with van der Waals surface area (Å²) in [6.45, 7) is 0.700. The van der Waals surface area contributed by atoms with Crippen molar-refractivity contribution < 1.29 is 25.3 Å². The van der Waals surface area contributed by atoms with Crippen LogP contribution in [0.4, 0.5) is 0 Å². The van der Waals surface area contributed by atoms with Gasteiger partial charge >= 0.3 is 0 Å². The third-order valence-corrected chi connectivity index (χ3v) is 1.71. The summed E-state index contributed by atoms with van der Waals surface area (Å²) in [5, 5.41) is 23.2. The highest BCUT2D eigenvalue weighted by Crippen LogP contribution is 2.04. The number of hydrogen-bond donors (Lipinski definition) is 2. The third-order valence-electron chi connectivity index (χ3n) is 1.71. The molecule has 0 spiro atoms. The molecule has 0 atom stereocenters. The van der Waals surface area contributed by atoms with Gasteiger partial charge in [0.25, 0.3) is 0 Å². The Morgan fingerprint density at radius 2 is 1.46 bits per heavy atom. The van der Waals surface area contributed by atoms with Gasteiger partial charge in [-0.15, -0.1) is 0 Å². The van der Waals surface area contributed by atoms with Crippen molar-refractivity contribution in [3.63, 3.8) is 0 Å². The van der Waals surface area contributed by atoms with Crippen LogP contribution in [0.5, 0.6) is 0 Å². The van der Waals surface area contributed by atoms with Crippen LogP contribution in [0.2, 0.25) is 0 Å². The van der Waals surface area contributed by atoms with Crippen molar-refractivity contribution in [1.82, 2.24) is 0 Å². The van der Waals surface area contributed by atoms with Gasteiger partial charge in [0.2, 0.25) is 0 Å². The van der Waals surface area contributed by atoms with Crippen molar-refractivity contribution in [2.45, 2.75) is 38.5 Å². The quantitative estimate of drug-likeness (QED) is 0.314. The molecule has 2 N–H and O–H groups in total. The van der Waals surface area contributed by atoms with E-state index in [2.05, 4.69) is 15.0 Å². The Morgan fingerprint density at radius 1 is 0.846 bits per heavy atom. The maximum Gasteiger partial charge on any atom is 0.0854 e. The lowest BCUT2D eigenvalue weighted by atomic mass is 10.1. The van der Waals surface area contributed by atoms with Crippen LogP contribution in [-0.4, -0.2) is 23.6 Å². The topological polar surface area (TPSA) is 68.2 Å². The molecule has 0 radical (unpaired) electrons. The van der Waals surface area contributed by atoms with Crippen molar-refractivity contribution >= 4 is 0 Å². The fraction of sp³-hybridized carbons (Fsp3) is 1.00. The predicted octanol–water partition coefficient (Wildman–Crippen LogP) is 1.67. The first-order chi connectivity index (χ1) is 6.41. The normalized spacial score (nSPS) is 10.6. The summed E-state index contributed by atoms with van der Waals surface area (Å²) < 4.78 is 0. The molecule has 0 rings (SSSR count). The molecule has 0 aromatic carbocycles. The molecule has 0 amide bonds. The molecule has 5 heteroatoms. The van der Waals surface area contributed by atoms with Gasteiger partial charge in [0, 0.05) is 6.61 Å². The Bertz CT molecular complexity index is 78.6. The van der Waals surface area contributed by atoms with E-state index in [0.717, 1.165) is 38.5 Å². The minimum absolute atomic E-state index is 0.283. The first-order valence-electron chi connectivity index (χ1n) is 4.62. The van der Waals surface area contributed by atoms with Gasteiger partial charge in [-0.25, -0.2) is 10.1 Å². The first kappa shape index (κ1) is 12.8. The molecule has 13 heavy (non-hydrogen) atoms. The zero-order valence-electron chi connectivity index (χ0n) is 7.78. The highest BCUT2D eigenvalue weighted by Gasteiger charge is 1.92. The number of aliphatic hydroxyl groups is 1. The summed E-state index contributed by atoms with van der Waals surface area (Å²) in [5.74, 6) is 0. The Labute approximate surface area is 78.0 Å². The molecular weight excluding hydrogens is 176 g/mol. The monoisotopic (exact) mass is 194 g/mol. The van der Waals surface area contributed by atoms with Crippen molar-refractivity contribution in [1.29, 1.82) is 0 Å². The Morgan fingerprint density at radius 3 is 2.08 bits per heavy atom. The number of aliphatic hydroxyl groups excluding tert-OH is 1. The standard InChI is InChI=1S/C8H18O5/c9-7-5-3-1-2-4-6-8-11-13-12-10/h9-10H,1-8H2. The smallest absolute Gasteiger partial charge is 0.0854 e. The van der Waals surface area contributed by atoms with Gasteiger partial charge < -0.3 is 5.11 Å². The van der Waals surface area contributed by atoms with E-state index in [1.165, 1.54) is 0 Å². The largest absolute Gasteiger partial charge is 0.396 e. The van der Waals surface area contributed by atoms with E-state index in [4.69, 9.17) is 10.4 Å². The molecule has 0 saturated carbocycles. The number of hydrogen-bond acceptors (Lipinski definition) is 5. The number of rotatable bonds is 10. The van der Waals surface area contributed by atoms with E-state index in [1.807, 2.05) is 0 Å². The molecule has 0 bridgehead atoms. The van der Waals surface area contributed by atoms with Crippen molar-refractivity contribution in [2.75, 3.05) is 13.2 Å². The van der Waals surface area contributed by atoms with Gasteiger partial charge in [0.1, 0.15) is 0 Å². The van der Waals surface area contributed by atoms with E-state index >= 15 is 0 Å². The minimum atomic E-state index is 0.283. The number of unbranched alkanes of at least 4 members (excludes halogenated alkanes) is 5. The molecule has 5 nitrogen and oxygen atoms in total. The second-order valence-corrected chi connectivity index (χ2v) is 2.81. The lowest BCUT2D eigenvalue weighted by Crippen LogP contribution is -1.95. The van der Waals surface area contributed by atoms with Crippen LogP contribution in [0, 0.1) is 0 Å². The van der Waals surface area contributed by atoms with Crippen molar-refractivity contribution in [3.8, 4) is 0 Å². The molecule has 0 saturated heterocycles. The van der Waals surface area contributed by atoms with Crippen LogP contribution < -0.4 is 0 Å². The fourth-order valence-electron chi connectivity index (χ4n) is 1.04. The molecule has 0 aliphatic rings. The van der Waals surface area contributed by atoms with E-state index in [0.29, 0.717) is 6.61 Å². The molecule has 80 valence electrons. The van der Waals surface area contributed by atoms with Gasteiger partial charge in [-0.3, -0.25) is 0 Å². The van der Waals surface area contributed by atoms with Gasteiger partial charge in [-0.05, 0) is 22.9 Å². The highest BCUT2D eigenvalue weighted by atomic mass is 17.6. The summed E-state index contributed by atoms with van der Waals surface area (Å²) >= 11 is 0. The summed E-state index contributed by atoms with van der Waals surface area (Å²) in [6, 6.07) is 0. The van der Waals surface area contributed by atoms with E-state index in [1.54, 1.807) is 0 Å². The lowest BCUT2D eigenvalue weighted by molar-refractivity contribution is -0.623. The Kier molecular flexibility index (Phi) is 11.6. The minimum Gasteiger partial charge on any atom is -0.396 e. The lowest BCUT2D eigenvalue weighted by Gasteiger charge is -2.00. The van der Waals surface area contributed by atoms with Crippen LogP contribution >= 0.6 is 0 Å².